The monoisotopic (exact) mass is 320 g/mol. The van der Waals surface area contributed by atoms with Crippen LogP contribution in [0.4, 0.5) is 0 Å². The number of rotatable bonds is 5. The molecule has 0 aliphatic carbocycles. The molecule has 1 aliphatic heterocycles. The molecular weight excluding hydrogens is 288 g/mol. The normalized spacial score (nSPS) is 17.8. The molecule has 1 aromatic heterocycles. The van der Waals surface area contributed by atoms with Crippen LogP contribution in [0.1, 0.15) is 50.1 Å². The molecule has 1 atom stereocenters. The first-order chi connectivity index (χ1) is 10.8. The van der Waals surface area contributed by atoms with Crippen molar-refractivity contribution in [2.24, 2.45) is 13.0 Å². The summed E-state index contributed by atoms with van der Waals surface area (Å²) in [6.07, 6.45) is 1.23. The van der Waals surface area contributed by atoms with Gasteiger partial charge < -0.3 is 4.90 Å². The van der Waals surface area contributed by atoms with Crippen LogP contribution in [0.15, 0.2) is 0 Å². The first-order valence-corrected chi connectivity index (χ1v) is 8.82. The van der Waals surface area contributed by atoms with Crippen molar-refractivity contribution >= 4 is 5.91 Å². The van der Waals surface area contributed by atoms with Crippen molar-refractivity contribution in [3.05, 3.63) is 17.0 Å². The Kier molecular flexibility index (Phi) is 5.84. The molecule has 0 saturated carbocycles. The Morgan fingerprint density at radius 3 is 2.22 bits per heavy atom. The van der Waals surface area contributed by atoms with Gasteiger partial charge >= 0.3 is 0 Å². The third-order valence-electron chi connectivity index (χ3n) is 5.08. The second-order valence-electron chi connectivity index (χ2n) is 7.28. The van der Waals surface area contributed by atoms with Crippen LogP contribution < -0.4 is 0 Å². The van der Waals surface area contributed by atoms with Crippen molar-refractivity contribution in [2.75, 3.05) is 32.7 Å². The van der Waals surface area contributed by atoms with Crippen LogP contribution in [0.25, 0.3) is 0 Å². The lowest BCUT2D eigenvalue weighted by atomic mass is 9.97. The van der Waals surface area contributed by atoms with Crippen LogP contribution in [0.2, 0.25) is 0 Å². The van der Waals surface area contributed by atoms with Crippen LogP contribution in [-0.4, -0.2) is 58.2 Å². The molecule has 1 fully saturated rings. The fraction of sp³-hybridized carbons (Fsp3) is 0.778. The van der Waals surface area contributed by atoms with E-state index in [4.69, 9.17) is 0 Å². The summed E-state index contributed by atoms with van der Waals surface area (Å²) in [6.45, 7) is 15.4. The Morgan fingerprint density at radius 2 is 1.74 bits per heavy atom. The summed E-state index contributed by atoms with van der Waals surface area (Å²) in [5, 5.41) is 4.45. The number of carbonyl (C=O) groups excluding carboxylic acids is 1. The van der Waals surface area contributed by atoms with Crippen LogP contribution in [0, 0.1) is 19.8 Å². The summed E-state index contributed by atoms with van der Waals surface area (Å²) in [6, 6.07) is 0. The number of aromatic nitrogens is 2. The van der Waals surface area contributed by atoms with E-state index in [1.54, 1.807) is 0 Å². The smallest absolute Gasteiger partial charge is 0.230 e. The molecule has 0 radical (unpaired) electrons. The highest BCUT2D eigenvalue weighted by Crippen LogP contribution is 2.25. The minimum Gasteiger partial charge on any atom is -0.340 e. The van der Waals surface area contributed by atoms with E-state index in [9.17, 15) is 4.79 Å². The van der Waals surface area contributed by atoms with Crippen LogP contribution in [0.3, 0.4) is 0 Å². The van der Waals surface area contributed by atoms with Gasteiger partial charge in [0.25, 0.3) is 0 Å². The van der Waals surface area contributed by atoms with Gasteiger partial charge in [-0.15, -0.1) is 0 Å². The maximum Gasteiger partial charge on any atom is 0.230 e. The second-order valence-corrected chi connectivity index (χ2v) is 7.28. The molecule has 1 aliphatic rings. The van der Waals surface area contributed by atoms with Crippen LogP contribution in [0.5, 0.6) is 0 Å². The maximum absolute atomic E-state index is 12.9. The van der Waals surface area contributed by atoms with Gasteiger partial charge in [0.2, 0.25) is 5.91 Å². The van der Waals surface area contributed by atoms with Gasteiger partial charge in [-0.1, -0.05) is 13.8 Å². The fourth-order valence-electron chi connectivity index (χ4n) is 3.45. The highest BCUT2D eigenvalue weighted by molar-refractivity contribution is 5.84. The number of hydrogen-bond donors (Lipinski definition) is 0. The molecule has 1 aromatic rings. The molecule has 0 bridgehead atoms. The standard InChI is InChI=1S/C18H32N4O/c1-13(2)7-8-21-9-11-22(12-10-21)18(23)14(3)17-15(4)19-20(6)16(17)5/h13-14H,7-12H2,1-6H3/t14-/m1/s1. The first-order valence-electron chi connectivity index (χ1n) is 8.82. The molecule has 0 N–H and O–H groups in total. The van der Waals surface area contributed by atoms with E-state index in [-0.39, 0.29) is 11.8 Å². The van der Waals surface area contributed by atoms with Crippen LogP contribution in [-0.2, 0) is 11.8 Å². The lowest BCUT2D eigenvalue weighted by Gasteiger charge is -2.36. The Hall–Kier alpha value is -1.36. The third-order valence-corrected chi connectivity index (χ3v) is 5.08. The van der Waals surface area contributed by atoms with E-state index in [1.807, 2.05) is 37.4 Å². The zero-order chi connectivity index (χ0) is 17.1. The SMILES string of the molecule is Cc1nn(C)c(C)c1[C@@H](C)C(=O)N1CCN(CCC(C)C)CC1. The van der Waals surface area contributed by atoms with E-state index in [2.05, 4.69) is 23.8 Å². The third kappa shape index (κ3) is 4.14. The Morgan fingerprint density at radius 1 is 1.13 bits per heavy atom. The molecule has 0 aromatic carbocycles. The lowest BCUT2D eigenvalue weighted by Crippen LogP contribution is -2.50. The fourth-order valence-corrected chi connectivity index (χ4v) is 3.45. The predicted octanol–water partition coefficient (Wildman–Crippen LogP) is 2.33. The van der Waals surface area contributed by atoms with Gasteiger partial charge in [0.15, 0.2) is 0 Å². The first kappa shape index (κ1) is 18.0. The molecule has 2 rings (SSSR count). The molecule has 5 heteroatoms. The zero-order valence-electron chi connectivity index (χ0n) is 15.6. The van der Waals surface area contributed by atoms with Crippen molar-refractivity contribution in [3.63, 3.8) is 0 Å². The molecular formula is C18H32N4O. The second kappa shape index (κ2) is 7.47. The van der Waals surface area contributed by atoms with E-state index >= 15 is 0 Å². The molecule has 0 unspecified atom stereocenters. The van der Waals surface area contributed by atoms with Gasteiger partial charge in [-0.2, -0.15) is 5.10 Å². The molecule has 0 spiro atoms. The van der Waals surface area contributed by atoms with E-state index in [0.717, 1.165) is 55.6 Å². The minimum absolute atomic E-state index is 0.106. The van der Waals surface area contributed by atoms with Gasteiger partial charge in [-0.05, 0) is 39.7 Å². The van der Waals surface area contributed by atoms with Gasteiger partial charge in [0.1, 0.15) is 0 Å². The van der Waals surface area contributed by atoms with Crippen molar-refractivity contribution in [1.29, 1.82) is 0 Å². The molecule has 1 saturated heterocycles. The summed E-state index contributed by atoms with van der Waals surface area (Å²) >= 11 is 0. The van der Waals surface area contributed by atoms with E-state index in [1.165, 1.54) is 6.42 Å². The molecule has 23 heavy (non-hydrogen) atoms. The van der Waals surface area contributed by atoms with E-state index < -0.39 is 0 Å². The van der Waals surface area contributed by atoms with Crippen LogP contribution >= 0.6 is 0 Å². The largest absolute Gasteiger partial charge is 0.340 e. The highest BCUT2D eigenvalue weighted by Gasteiger charge is 2.28. The molecule has 1 amide bonds. The van der Waals surface area contributed by atoms with Gasteiger partial charge in [0, 0.05) is 44.5 Å². The Balaban J connectivity index is 1.94. The summed E-state index contributed by atoms with van der Waals surface area (Å²) in [5.74, 6) is 0.879. The number of piperazine rings is 1. The summed E-state index contributed by atoms with van der Waals surface area (Å²) < 4.78 is 1.87. The predicted molar refractivity (Wildman–Crippen MR) is 93.6 cm³/mol. The lowest BCUT2D eigenvalue weighted by molar-refractivity contribution is -0.134. The number of aryl methyl sites for hydroxylation is 2. The van der Waals surface area contributed by atoms with Gasteiger partial charge in [-0.3, -0.25) is 14.4 Å². The summed E-state index contributed by atoms with van der Waals surface area (Å²) in [7, 11) is 1.94. The highest BCUT2D eigenvalue weighted by atomic mass is 16.2. The zero-order valence-corrected chi connectivity index (χ0v) is 15.6. The van der Waals surface area contributed by atoms with Crippen molar-refractivity contribution < 1.29 is 4.79 Å². The van der Waals surface area contributed by atoms with Crippen molar-refractivity contribution in [3.8, 4) is 0 Å². The molecule has 130 valence electrons. The Labute approximate surface area is 140 Å². The van der Waals surface area contributed by atoms with E-state index in [0.29, 0.717) is 0 Å². The number of amides is 1. The van der Waals surface area contributed by atoms with Gasteiger partial charge in [-0.25, -0.2) is 0 Å². The van der Waals surface area contributed by atoms with Gasteiger partial charge in [0.05, 0.1) is 11.6 Å². The maximum atomic E-state index is 12.9. The topological polar surface area (TPSA) is 41.4 Å². The summed E-state index contributed by atoms with van der Waals surface area (Å²) in [5.41, 5.74) is 3.17. The van der Waals surface area contributed by atoms with Crippen molar-refractivity contribution in [2.45, 2.75) is 47.0 Å². The Bertz CT molecular complexity index is 541. The average molecular weight is 320 g/mol. The quantitative estimate of drug-likeness (QED) is 0.836. The number of nitrogens with zero attached hydrogens (tertiary/aromatic N) is 4. The number of hydrogen-bond acceptors (Lipinski definition) is 3. The van der Waals surface area contributed by atoms with Crippen molar-refractivity contribution in [1.82, 2.24) is 19.6 Å². The molecule has 5 nitrogen and oxygen atoms in total. The number of carbonyl (C=O) groups is 1. The molecule has 2 heterocycles. The summed E-state index contributed by atoms with van der Waals surface area (Å²) in [4.78, 5) is 17.4. The minimum atomic E-state index is -0.106. The average Bonchev–Trinajstić information content (AvgIpc) is 2.77.